The molecule has 1 aliphatic heterocycles. The minimum absolute atomic E-state index is 0.0192. The van der Waals surface area contributed by atoms with E-state index in [2.05, 4.69) is 69.9 Å². The summed E-state index contributed by atoms with van der Waals surface area (Å²) >= 11 is 0. The van der Waals surface area contributed by atoms with Gasteiger partial charge >= 0.3 is 0 Å². The van der Waals surface area contributed by atoms with Gasteiger partial charge in [0, 0.05) is 23.0 Å². The molecule has 1 atom stereocenters. The molecule has 0 saturated carbocycles. The number of fused-ring (bicyclic) bond motifs is 1. The van der Waals surface area contributed by atoms with Crippen LogP contribution in [0.1, 0.15) is 64.0 Å². The van der Waals surface area contributed by atoms with Crippen LogP contribution in [0.2, 0.25) is 0 Å². The Labute approximate surface area is 157 Å². The van der Waals surface area contributed by atoms with E-state index in [1.54, 1.807) is 14.2 Å². The van der Waals surface area contributed by atoms with Crippen LogP contribution in [0.25, 0.3) is 0 Å². The Bertz CT molecular complexity index is 795. The fourth-order valence-electron chi connectivity index (χ4n) is 4.26. The lowest BCUT2D eigenvalue weighted by Crippen LogP contribution is -2.45. The van der Waals surface area contributed by atoms with Crippen LogP contribution in [0.4, 0.5) is 11.4 Å². The van der Waals surface area contributed by atoms with Crippen molar-refractivity contribution in [3.63, 3.8) is 0 Å². The molecule has 3 heteroatoms. The SMILES string of the molecule is COc1ccc(N2c3ccc(C(C)C)cc3C(C)CC2(C)C)cc1OC. The van der Waals surface area contributed by atoms with Gasteiger partial charge in [-0.15, -0.1) is 0 Å². The van der Waals surface area contributed by atoms with Crippen LogP contribution in [-0.4, -0.2) is 19.8 Å². The highest BCUT2D eigenvalue weighted by Gasteiger charge is 2.37. The van der Waals surface area contributed by atoms with Gasteiger partial charge in [-0.2, -0.15) is 0 Å². The molecular weight excluding hydrogens is 322 g/mol. The van der Waals surface area contributed by atoms with Gasteiger partial charge in [-0.25, -0.2) is 0 Å². The fourth-order valence-corrected chi connectivity index (χ4v) is 4.26. The van der Waals surface area contributed by atoms with E-state index < -0.39 is 0 Å². The predicted octanol–water partition coefficient (Wildman–Crippen LogP) is 6.25. The van der Waals surface area contributed by atoms with E-state index in [9.17, 15) is 0 Å². The number of methoxy groups -OCH3 is 2. The Morgan fingerprint density at radius 3 is 2.31 bits per heavy atom. The molecule has 140 valence electrons. The first-order valence-electron chi connectivity index (χ1n) is 9.44. The first-order valence-corrected chi connectivity index (χ1v) is 9.44. The minimum Gasteiger partial charge on any atom is -0.493 e. The van der Waals surface area contributed by atoms with Crippen molar-refractivity contribution < 1.29 is 9.47 Å². The molecular formula is C23H31NO2. The molecule has 0 aliphatic carbocycles. The van der Waals surface area contributed by atoms with Gasteiger partial charge < -0.3 is 14.4 Å². The summed E-state index contributed by atoms with van der Waals surface area (Å²) in [5.74, 6) is 2.60. The summed E-state index contributed by atoms with van der Waals surface area (Å²) in [6, 6.07) is 13.2. The standard InChI is InChI=1S/C23H31NO2/c1-15(2)17-8-10-20-19(12-17)16(3)14-23(4,5)24(20)18-9-11-21(25-6)22(13-18)26-7/h8-13,15-16H,14H2,1-7H3. The molecule has 1 heterocycles. The number of rotatable bonds is 4. The molecule has 3 rings (SSSR count). The van der Waals surface area contributed by atoms with Gasteiger partial charge in [0.15, 0.2) is 11.5 Å². The van der Waals surface area contributed by atoms with Gasteiger partial charge in [0.2, 0.25) is 0 Å². The van der Waals surface area contributed by atoms with Crippen molar-refractivity contribution in [1.29, 1.82) is 0 Å². The number of nitrogens with zero attached hydrogens (tertiary/aromatic N) is 1. The minimum atomic E-state index is 0.0192. The number of anilines is 2. The Kier molecular flexibility index (Phi) is 4.92. The third-order valence-electron chi connectivity index (χ3n) is 5.53. The number of benzene rings is 2. The Balaban J connectivity index is 2.16. The summed E-state index contributed by atoms with van der Waals surface area (Å²) < 4.78 is 11.0. The second kappa shape index (κ2) is 6.86. The fraction of sp³-hybridized carbons (Fsp3) is 0.478. The van der Waals surface area contributed by atoms with Crippen LogP contribution >= 0.6 is 0 Å². The normalized spacial score (nSPS) is 18.6. The maximum Gasteiger partial charge on any atom is 0.162 e. The van der Waals surface area contributed by atoms with E-state index in [0.717, 1.165) is 23.6 Å². The Morgan fingerprint density at radius 2 is 1.69 bits per heavy atom. The number of hydrogen-bond acceptors (Lipinski definition) is 3. The second-order valence-electron chi connectivity index (χ2n) is 8.27. The van der Waals surface area contributed by atoms with Gasteiger partial charge in [0.25, 0.3) is 0 Å². The monoisotopic (exact) mass is 353 g/mol. The molecule has 2 aromatic carbocycles. The van der Waals surface area contributed by atoms with E-state index in [1.165, 1.54) is 16.8 Å². The highest BCUT2D eigenvalue weighted by atomic mass is 16.5. The summed E-state index contributed by atoms with van der Waals surface area (Å²) in [7, 11) is 3.36. The summed E-state index contributed by atoms with van der Waals surface area (Å²) in [6.07, 6.45) is 1.11. The van der Waals surface area contributed by atoms with Crippen molar-refractivity contribution in [1.82, 2.24) is 0 Å². The van der Waals surface area contributed by atoms with E-state index in [1.807, 2.05) is 6.07 Å². The molecule has 0 aromatic heterocycles. The van der Waals surface area contributed by atoms with Crippen LogP contribution in [0.15, 0.2) is 36.4 Å². The first kappa shape index (κ1) is 18.6. The molecule has 3 nitrogen and oxygen atoms in total. The van der Waals surface area contributed by atoms with Crippen LogP contribution in [-0.2, 0) is 0 Å². The first-order chi connectivity index (χ1) is 12.3. The van der Waals surface area contributed by atoms with E-state index in [-0.39, 0.29) is 5.54 Å². The predicted molar refractivity (Wildman–Crippen MR) is 109 cm³/mol. The van der Waals surface area contributed by atoms with Crippen molar-refractivity contribution in [2.75, 3.05) is 19.1 Å². The summed E-state index contributed by atoms with van der Waals surface area (Å²) in [6.45, 7) is 11.5. The lowest BCUT2D eigenvalue weighted by molar-refractivity contribution is 0.354. The molecule has 26 heavy (non-hydrogen) atoms. The highest BCUT2D eigenvalue weighted by molar-refractivity contribution is 5.73. The molecule has 1 unspecified atom stereocenters. The van der Waals surface area contributed by atoms with Gasteiger partial charge in [-0.3, -0.25) is 0 Å². The van der Waals surface area contributed by atoms with Crippen LogP contribution in [0.5, 0.6) is 11.5 Å². The lowest BCUT2D eigenvalue weighted by Gasteiger charge is -2.47. The Hall–Kier alpha value is -2.16. The van der Waals surface area contributed by atoms with E-state index >= 15 is 0 Å². The van der Waals surface area contributed by atoms with Crippen LogP contribution in [0.3, 0.4) is 0 Å². The van der Waals surface area contributed by atoms with E-state index in [0.29, 0.717) is 11.8 Å². The number of hydrogen-bond donors (Lipinski definition) is 0. The van der Waals surface area contributed by atoms with Crippen molar-refractivity contribution in [3.8, 4) is 11.5 Å². The zero-order valence-corrected chi connectivity index (χ0v) is 17.1. The molecule has 0 radical (unpaired) electrons. The van der Waals surface area contributed by atoms with Crippen molar-refractivity contribution in [2.24, 2.45) is 0 Å². The quantitative estimate of drug-likeness (QED) is 0.648. The molecule has 0 fully saturated rings. The van der Waals surface area contributed by atoms with E-state index in [4.69, 9.17) is 9.47 Å². The molecule has 1 aliphatic rings. The molecule has 0 spiro atoms. The molecule has 0 saturated heterocycles. The molecule has 2 aromatic rings. The Morgan fingerprint density at radius 1 is 1.00 bits per heavy atom. The van der Waals surface area contributed by atoms with Crippen LogP contribution < -0.4 is 14.4 Å². The third-order valence-corrected chi connectivity index (χ3v) is 5.53. The smallest absolute Gasteiger partial charge is 0.162 e. The summed E-state index contributed by atoms with van der Waals surface area (Å²) in [4.78, 5) is 2.45. The maximum absolute atomic E-state index is 5.54. The average molecular weight is 354 g/mol. The van der Waals surface area contributed by atoms with Crippen molar-refractivity contribution in [2.45, 2.75) is 58.4 Å². The van der Waals surface area contributed by atoms with Crippen molar-refractivity contribution >= 4 is 11.4 Å². The van der Waals surface area contributed by atoms with Gasteiger partial charge in [-0.05, 0) is 61.4 Å². The zero-order chi connectivity index (χ0) is 19.1. The van der Waals surface area contributed by atoms with Gasteiger partial charge in [0.1, 0.15) is 0 Å². The lowest BCUT2D eigenvalue weighted by atomic mass is 9.78. The average Bonchev–Trinajstić information content (AvgIpc) is 2.60. The molecule has 0 amide bonds. The zero-order valence-electron chi connectivity index (χ0n) is 17.1. The highest BCUT2D eigenvalue weighted by Crippen LogP contribution is 2.49. The second-order valence-corrected chi connectivity index (χ2v) is 8.27. The van der Waals surface area contributed by atoms with Gasteiger partial charge in [-0.1, -0.05) is 32.9 Å². The molecule has 0 N–H and O–H groups in total. The molecule has 0 bridgehead atoms. The van der Waals surface area contributed by atoms with Gasteiger partial charge in [0.05, 0.1) is 14.2 Å². The largest absolute Gasteiger partial charge is 0.493 e. The van der Waals surface area contributed by atoms with Crippen molar-refractivity contribution in [3.05, 3.63) is 47.5 Å². The summed E-state index contributed by atoms with van der Waals surface area (Å²) in [5, 5.41) is 0. The summed E-state index contributed by atoms with van der Waals surface area (Å²) in [5.41, 5.74) is 5.29. The number of ether oxygens (including phenoxy) is 2. The third kappa shape index (κ3) is 3.15. The topological polar surface area (TPSA) is 21.7 Å². The van der Waals surface area contributed by atoms with Crippen LogP contribution in [0, 0.1) is 0 Å². The maximum atomic E-state index is 5.54.